The van der Waals surface area contributed by atoms with E-state index in [1.807, 2.05) is 0 Å². The zero-order valence-electron chi connectivity index (χ0n) is 18.8. The van der Waals surface area contributed by atoms with Gasteiger partial charge in [-0.25, -0.2) is 4.79 Å². The summed E-state index contributed by atoms with van der Waals surface area (Å²) in [6, 6.07) is 12.9. The van der Waals surface area contributed by atoms with Crippen molar-refractivity contribution in [3.05, 3.63) is 59.7 Å². The van der Waals surface area contributed by atoms with Crippen LogP contribution in [0.5, 0.6) is 11.5 Å². The molecule has 9 nitrogen and oxygen atoms in total. The van der Waals surface area contributed by atoms with Crippen molar-refractivity contribution in [3.8, 4) is 11.5 Å². The van der Waals surface area contributed by atoms with E-state index in [2.05, 4.69) is 5.32 Å². The maximum absolute atomic E-state index is 12.3. The second-order valence-corrected chi connectivity index (χ2v) is 7.11. The van der Waals surface area contributed by atoms with E-state index >= 15 is 0 Å². The van der Waals surface area contributed by atoms with Gasteiger partial charge in [0.1, 0.15) is 23.9 Å². The van der Waals surface area contributed by atoms with Crippen LogP contribution in [0.4, 0.5) is 0 Å². The van der Waals surface area contributed by atoms with Crippen LogP contribution in [0, 0.1) is 5.41 Å². The van der Waals surface area contributed by atoms with E-state index in [-0.39, 0.29) is 11.7 Å². The highest BCUT2D eigenvalue weighted by Crippen LogP contribution is 2.16. The van der Waals surface area contributed by atoms with Crippen LogP contribution in [-0.4, -0.2) is 57.8 Å². The van der Waals surface area contributed by atoms with E-state index in [4.69, 9.17) is 30.1 Å². The lowest BCUT2D eigenvalue weighted by atomic mass is 10.2. The van der Waals surface area contributed by atoms with Crippen molar-refractivity contribution in [2.45, 2.75) is 19.3 Å². The Labute approximate surface area is 193 Å². The Morgan fingerprint density at radius 3 is 2.21 bits per heavy atom. The molecule has 1 amide bonds. The first kappa shape index (κ1) is 25.8. The lowest BCUT2D eigenvalue weighted by molar-refractivity contribution is -0.121. The summed E-state index contributed by atoms with van der Waals surface area (Å²) in [6.45, 7) is 2.47. The number of carbonyl (C=O) groups excluding carboxylic acids is 2. The Kier molecular flexibility index (Phi) is 11.4. The number of rotatable bonds is 15. The monoisotopic (exact) mass is 457 g/mol. The number of hydrogen-bond donors (Lipinski definition) is 3. The molecule has 0 saturated carbocycles. The fraction of sp³-hybridized carbons (Fsp3) is 0.375. The molecule has 0 aromatic heterocycles. The van der Waals surface area contributed by atoms with E-state index in [9.17, 15) is 9.59 Å². The summed E-state index contributed by atoms with van der Waals surface area (Å²) in [5.41, 5.74) is 6.33. The lowest BCUT2D eigenvalue weighted by Gasteiger charge is -2.09. The number of nitrogen functional groups attached to an aromatic ring is 1. The number of benzene rings is 2. The van der Waals surface area contributed by atoms with Crippen LogP contribution in [0.15, 0.2) is 48.5 Å². The fourth-order valence-corrected chi connectivity index (χ4v) is 2.74. The molecule has 0 fully saturated rings. The van der Waals surface area contributed by atoms with Crippen molar-refractivity contribution in [1.82, 2.24) is 5.32 Å². The Morgan fingerprint density at radius 2 is 1.55 bits per heavy atom. The van der Waals surface area contributed by atoms with Crippen molar-refractivity contribution in [1.29, 1.82) is 5.41 Å². The van der Waals surface area contributed by atoms with Gasteiger partial charge in [0.05, 0.1) is 25.3 Å². The summed E-state index contributed by atoms with van der Waals surface area (Å²) >= 11 is 0. The molecule has 0 atom stereocenters. The van der Waals surface area contributed by atoms with E-state index < -0.39 is 5.97 Å². The van der Waals surface area contributed by atoms with Crippen molar-refractivity contribution >= 4 is 17.7 Å². The minimum Gasteiger partial charge on any atom is -0.492 e. The first-order chi connectivity index (χ1) is 16.0. The minimum atomic E-state index is -0.506. The SMILES string of the molecule is COCCOCCCCC(=O)NCCOc1ccc(C(=O)Oc2ccc(C(=N)N)cc2)cc1. The third-order valence-electron chi connectivity index (χ3n) is 4.53. The second kappa shape index (κ2) is 14.6. The molecule has 2 aromatic rings. The molecular formula is C24H31N3O6. The molecule has 0 unspecified atom stereocenters. The second-order valence-electron chi connectivity index (χ2n) is 7.11. The largest absolute Gasteiger partial charge is 0.492 e. The molecule has 0 aliphatic heterocycles. The number of methoxy groups -OCH3 is 1. The number of carbonyl (C=O) groups is 2. The van der Waals surface area contributed by atoms with Crippen LogP contribution in [0.25, 0.3) is 0 Å². The van der Waals surface area contributed by atoms with Gasteiger partial charge in [-0.05, 0) is 61.4 Å². The number of unbranched alkanes of at least 4 members (excludes halogenated alkanes) is 1. The van der Waals surface area contributed by atoms with Crippen LogP contribution in [0.3, 0.4) is 0 Å². The number of esters is 1. The van der Waals surface area contributed by atoms with Crippen LogP contribution in [0.1, 0.15) is 35.2 Å². The number of nitrogens with two attached hydrogens (primary N) is 1. The van der Waals surface area contributed by atoms with Gasteiger partial charge in [0.2, 0.25) is 5.91 Å². The van der Waals surface area contributed by atoms with Gasteiger partial charge in [0.15, 0.2) is 0 Å². The molecule has 2 aromatic carbocycles. The topological polar surface area (TPSA) is 133 Å². The molecule has 0 aliphatic carbocycles. The molecule has 4 N–H and O–H groups in total. The summed E-state index contributed by atoms with van der Waals surface area (Å²) in [6.07, 6.45) is 2.03. The Morgan fingerprint density at radius 1 is 0.879 bits per heavy atom. The third-order valence-corrected chi connectivity index (χ3v) is 4.53. The maximum Gasteiger partial charge on any atom is 0.343 e. The van der Waals surface area contributed by atoms with Gasteiger partial charge in [-0.15, -0.1) is 0 Å². The van der Waals surface area contributed by atoms with Crippen LogP contribution in [-0.2, 0) is 14.3 Å². The van der Waals surface area contributed by atoms with Gasteiger partial charge in [0.25, 0.3) is 0 Å². The minimum absolute atomic E-state index is 0.0232. The average Bonchev–Trinajstić information content (AvgIpc) is 2.82. The number of ether oxygens (including phenoxy) is 4. The van der Waals surface area contributed by atoms with Crippen LogP contribution < -0.4 is 20.5 Å². The highest BCUT2D eigenvalue weighted by Gasteiger charge is 2.09. The molecule has 0 heterocycles. The van der Waals surface area contributed by atoms with Gasteiger partial charge in [-0.3, -0.25) is 10.2 Å². The summed E-state index contributed by atoms with van der Waals surface area (Å²) in [5.74, 6) is 0.362. The highest BCUT2D eigenvalue weighted by atomic mass is 16.5. The zero-order chi connectivity index (χ0) is 23.9. The standard InChI is InChI=1S/C24H31N3O6/c1-30-16-17-31-14-3-2-4-22(28)27-13-15-32-20-9-7-19(8-10-20)24(29)33-21-11-5-18(6-12-21)23(25)26/h5-12H,2-4,13-17H2,1H3,(H3,25,26)(H,27,28). The highest BCUT2D eigenvalue weighted by molar-refractivity contribution is 5.95. The average molecular weight is 458 g/mol. The molecule has 33 heavy (non-hydrogen) atoms. The molecular weight excluding hydrogens is 426 g/mol. The third kappa shape index (κ3) is 10.2. The first-order valence-electron chi connectivity index (χ1n) is 10.7. The number of nitrogens with one attached hydrogen (secondary N) is 2. The molecule has 9 heteroatoms. The van der Waals surface area contributed by atoms with Crippen molar-refractivity contribution in [3.63, 3.8) is 0 Å². The number of amides is 1. The van der Waals surface area contributed by atoms with Gasteiger partial charge in [-0.2, -0.15) is 0 Å². The quantitative estimate of drug-likeness (QED) is 0.123. The summed E-state index contributed by atoms with van der Waals surface area (Å²) in [4.78, 5) is 24.1. The molecule has 0 radical (unpaired) electrons. The molecule has 0 aliphatic rings. The van der Waals surface area contributed by atoms with Gasteiger partial charge in [0, 0.05) is 25.7 Å². The van der Waals surface area contributed by atoms with E-state index in [0.29, 0.717) is 62.0 Å². The Balaban J connectivity index is 1.62. The summed E-state index contributed by atoms with van der Waals surface area (Å²) in [5, 5.41) is 10.2. The molecule has 0 bridgehead atoms. The smallest absolute Gasteiger partial charge is 0.343 e. The summed E-state index contributed by atoms with van der Waals surface area (Å²) < 4.78 is 21.1. The summed E-state index contributed by atoms with van der Waals surface area (Å²) in [7, 11) is 1.63. The Bertz CT molecular complexity index is 884. The van der Waals surface area contributed by atoms with E-state index in [0.717, 1.165) is 12.8 Å². The van der Waals surface area contributed by atoms with E-state index in [1.165, 1.54) is 0 Å². The number of hydrogen-bond acceptors (Lipinski definition) is 7. The van der Waals surface area contributed by atoms with Gasteiger partial charge in [-0.1, -0.05) is 0 Å². The van der Waals surface area contributed by atoms with Crippen LogP contribution in [0.2, 0.25) is 0 Å². The van der Waals surface area contributed by atoms with Gasteiger partial charge >= 0.3 is 5.97 Å². The Hall–Kier alpha value is -3.43. The molecule has 2 rings (SSSR count). The van der Waals surface area contributed by atoms with Crippen molar-refractivity contribution in [2.24, 2.45) is 5.73 Å². The van der Waals surface area contributed by atoms with Crippen molar-refractivity contribution < 1.29 is 28.5 Å². The van der Waals surface area contributed by atoms with Crippen LogP contribution >= 0.6 is 0 Å². The predicted molar refractivity (Wildman–Crippen MR) is 124 cm³/mol. The zero-order valence-corrected chi connectivity index (χ0v) is 18.8. The fourth-order valence-electron chi connectivity index (χ4n) is 2.74. The molecule has 0 spiro atoms. The molecule has 0 saturated heterocycles. The normalized spacial score (nSPS) is 10.5. The van der Waals surface area contributed by atoms with E-state index in [1.54, 1.807) is 55.6 Å². The predicted octanol–water partition coefficient (Wildman–Crippen LogP) is 2.52. The van der Waals surface area contributed by atoms with Gasteiger partial charge < -0.3 is 30.0 Å². The first-order valence-corrected chi connectivity index (χ1v) is 10.7. The number of amidine groups is 1. The lowest BCUT2D eigenvalue weighted by Crippen LogP contribution is -2.27. The molecule has 178 valence electrons. The van der Waals surface area contributed by atoms with Crippen molar-refractivity contribution in [2.75, 3.05) is 40.1 Å². The maximum atomic E-state index is 12.3.